The number of halogens is 1. The highest BCUT2D eigenvalue weighted by Gasteiger charge is 2.75. The van der Waals surface area contributed by atoms with E-state index in [4.69, 9.17) is 11.6 Å². The fraction of sp³-hybridized carbons (Fsp3) is 0.455. The lowest BCUT2D eigenvalue weighted by Gasteiger charge is -2.23. The third-order valence-electron chi connectivity index (χ3n) is 6.36. The summed E-state index contributed by atoms with van der Waals surface area (Å²) >= 11 is 7.36. The Kier molecular flexibility index (Phi) is 5.33. The molecule has 0 radical (unpaired) electrons. The summed E-state index contributed by atoms with van der Waals surface area (Å²) in [6.45, 7) is 3.98. The number of imidazole rings is 1. The first-order valence-electron chi connectivity index (χ1n) is 10.6. The number of carbonyl (C=O) groups is 1. The van der Waals surface area contributed by atoms with Crippen molar-refractivity contribution < 1.29 is 15.0 Å². The van der Waals surface area contributed by atoms with Crippen molar-refractivity contribution in [2.24, 2.45) is 11.3 Å². The Bertz CT molecular complexity index is 1310. The van der Waals surface area contributed by atoms with Crippen molar-refractivity contribution in [3.8, 4) is 11.8 Å². The summed E-state index contributed by atoms with van der Waals surface area (Å²) in [6.07, 6.45) is -0.219. The summed E-state index contributed by atoms with van der Waals surface area (Å²) < 4.78 is 2.39. The Morgan fingerprint density at radius 2 is 2.12 bits per heavy atom. The molecule has 2 unspecified atom stereocenters. The first kappa shape index (κ1) is 22.1. The number of fused-ring (bicyclic) bond motifs is 2. The van der Waals surface area contributed by atoms with Crippen molar-refractivity contribution >= 4 is 45.8 Å². The first-order chi connectivity index (χ1) is 15.8. The molecule has 5 rings (SSSR count). The molecule has 9 nitrogen and oxygen atoms in total. The maximum absolute atomic E-state index is 12.5. The van der Waals surface area contributed by atoms with Crippen LogP contribution in [0.5, 0.6) is 0 Å². The Hall–Kier alpha value is -2.71. The lowest BCUT2D eigenvalue weighted by Crippen LogP contribution is -2.41. The van der Waals surface area contributed by atoms with E-state index >= 15 is 0 Å². The van der Waals surface area contributed by atoms with Gasteiger partial charge in [0.15, 0.2) is 17.0 Å². The standard InChI is InChI=1S/C22H23ClN6O3S/c1-10(2)26-19-15-20(28-14(27-19)7-5-11-4-6-13(23)33-11)29(9-25-15)16-12-8-22(12,21(32)24-3)18(31)17(16)30/h4,6,9-10,12,16-18,30-31H,8H2,1-3H3,(H,24,32)(H,26,27,28)/t12?,16-,17?,18+,22-/m1/s1. The van der Waals surface area contributed by atoms with Gasteiger partial charge in [-0.05, 0) is 44.2 Å². The van der Waals surface area contributed by atoms with Gasteiger partial charge in [-0.25, -0.2) is 15.0 Å². The summed E-state index contributed by atoms with van der Waals surface area (Å²) in [5, 5.41) is 27.5. The van der Waals surface area contributed by atoms with Gasteiger partial charge in [0.05, 0.1) is 33.1 Å². The molecule has 172 valence electrons. The van der Waals surface area contributed by atoms with Crippen molar-refractivity contribution in [1.82, 2.24) is 24.8 Å². The molecule has 1 amide bonds. The van der Waals surface area contributed by atoms with Crippen LogP contribution < -0.4 is 10.6 Å². The monoisotopic (exact) mass is 486 g/mol. The number of amides is 1. The molecule has 0 saturated heterocycles. The van der Waals surface area contributed by atoms with Crippen molar-refractivity contribution in [2.45, 2.75) is 44.6 Å². The Balaban J connectivity index is 1.60. The van der Waals surface area contributed by atoms with Crippen LogP contribution in [0.1, 0.15) is 37.0 Å². The summed E-state index contributed by atoms with van der Waals surface area (Å²) in [5.74, 6) is 6.35. The number of hydrogen-bond acceptors (Lipinski definition) is 8. The molecular formula is C22H23ClN6O3S. The molecule has 2 fully saturated rings. The minimum absolute atomic E-state index is 0.0911. The van der Waals surface area contributed by atoms with E-state index in [1.165, 1.54) is 18.4 Å². The number of aliphatic hydroxyl groups excluding tert-OH is 2. The van der Waals surface area contributed by atoms with Crippen LogP contribution in [0.2, 0.25) is 4.34 Å². The van der Waals surface area contributed by atoms with Gasteiger partial charge >= 0.3 is 0 Å². The highest BCUT2D eigenvalue weighted by Crippen LogP contribution is 2.67. The average molecular weight is 487 g/mol. The van der Waals surface area contributed by atoms with E-state index in [0.717, 1.165) is 4.88 Å². The summed E-state index contributed by atoms with van der Waals surface area (Å²) in [5.41, 5.74) is 0.0356. The van der Waals surface area contributed by atoms with Crippen LogP contribution in [0, 0.1) is 23.2 Å². The van der Waals surface area contributed by atoms with E-state index in [-0.39, 0.29) is 17.9 Å². The van der Waals surface area contributed by atoms with Crippen LogP contribution in [-0.2, 0) is 4.79 Å². The maximum atomic E-state index is 12.5. The number of carbonyl (C=O) groups excluding carboxylic acids is 1. The molecule has 0 aliphatic heterocycles. The summed E-state index contributed by atoms with van der Waals surface area (Å²) in [6, 6.07) is 3.16. The molecule has 3 aromatic rings. The second-order valence-electron chi connectivity index (χ2n) is 8.73. The third-order valence-corrected chi connectivity index (χ3v) is 7.51. The van der Waals surface area contributed by atoms with Crippen LogP contribution >= 0.6 is 22.9 Å². The fourth-order valence-corrected chi connectivity index (χ4v) is 5.75. The highest BCUT2D eigenvalue weighted by molar-refractivity contribution is 7.16. The number of hydrogen-bond donors (Lipinski definition) is 4. The second-order valence-corrected chi connectivity index (χ2v) is 10.4. The molecule has 0 bridgehead atoms. The van der Waals surface area contributed by atoms with Crippen LogP contribution in [-0.4, -0.2) is 60.9 Å². The Labute approximate surface area is 199 Å². The molecule has 2 aliphatic carbocycles. The molecule has 5 atom stereocenters. The lowest BCUT2D eigenvalue weighted by atomic mass is 9.98. The van der Waals surface area contributed by atoms with E-state index < -0.39 is 23.7 Å². The third kappa shape index (κ3) is 3.47. The van der Waals surface area contributed by atoms with Crippen LogP contribution in [0.4, 0.5) is 5.82 Å². The van der Waals surface area contributed by atoms with Crippen LogP contribution in [0.25, 0.3) is 11.2 Å². The van der Waals surface area contributed by atoms with Gasteiger partial charge in [0, 0.05) is 19.0 Å². The summed E-state index contributed by atoms with van der Waals surface area (Å²) in [4.78, 5) is 27.0. The minimum atomic E-state index is -1.16. The van der Waals surface area contributed by atoms with Crippen LogP contribution in [0.3, 0.4) is 0 Å². The average Bonchev–Trinajstić information content (AvgIpc) is 3.03. The Morgan fingerprint density at radius 3 is 2.79 bits per heavy atom. The predicted molar refractivity (Wildman–Crippen MR) is 125 cm³/mol. The first-order valence-corrected chi connectivity index (χ1v) is 11.8. The SMILES string of the molecule is CNC(=O)[C@]12CC1[C@@H](n1cnc3c(NC(C)C)nc(C#Cc4ccc(Cl)s4)nc31)C(O)[C@@H]2O. The van der Waals surface area contributed by atoms with Gasteiger partial charge in [-0.15, -0.1) is 11.3 Å². The van der Waals surface area contributed by atoms with E-state index in [1.807, 2.05) is 19.9 Å². The number of thiophene rings is 1. The van der Waals surface area contributed by atoms with Gasteiger partial charge in [-0.2, -0.15) is 0 Å². The number of aromatic nitrogens is 4. The van der Waals surface area contributed by atoms with Crippen molar-refractivity contribution in [3.63, 3.8) is 0 Å². The smallest absolute Gasteiger partial charge is 0.229 e. The lowest BCUT2D eigenvalue weighted by molar-refractivity contribution is -0.132. The minimum Gasteiger partial charge on any atom is -0.389 e. The maximum Gasteiger partial charge on any atom is 0.229 e. The van der Waals surface area contributed by atoms with E-state index in [2.05, 4.69) is 37.4 Å². The molecule has 3 heterocycles. The molecule has 2 aliphatic rings. The molecule has 0 aromatic carbocycles. The predicted octanol–water partition coefficient (Wildman–Crippen LogP) is 1.79. The van der Waals surface area contributed by atoms with Crippen molar-refractivity contribution in [1.29, 1.82) is 0 Å². The zero-order chi connectivity index (χ0) is 23.5. The van der Waals surface area contributed by atoms with E-state index in [0.29, 0.717) is 33.6 Å². The highest BCUT2D eigenvalue weighted by atomic mass is 35.5. The normalized spacial score (nSPS) is 27.8. The van der Waals surface area contributed by atoms with Gasteiger partial charge in [0.25, 0.3) is 0 Å². The molecule has 2 saturated carbocycles. The zero-order valence-electron chi connectivity index (χ0n) is 18.2. The van der Waals surface area contributed by atoms with Gasteiger partial charge in [-0.3, -0.25) is 4.79 Å². The topological polar surface area (TPSA) is 125 Å². The summed E-state index contributed by atoms with van der Waals surface area (Å²) in [7, 11) is 1.54. The van der Waals surface area contributed by atoms with Gasteiger partial charge in [0.2, 0.25) is 11.7 Å². The number of rotatable bonds is 4. The number of nitrogens with one attached hydrogen (secondary N) is 2. The molecule has 11 heteroatoms. The van der Waals surface area contributed by atoms with Crippen molar-refractivity contribution in [2.75, 3.05) is 12.4 Å². The largest absolute Gasteiger partial charge is 0.389 e. The van der Waals surface area contributed by atoms with Gasteiger partial charge in [-0.1, -0.05) is 11.6 Å². The van der Waals surface area contributed by atoms with E-state index in [1.54, 1.807) is 17.0 Å². The van der Waals surface area contributed by atoms with E-state index in [9.17, 15) is 15.0 Å². The van der Waals surface area contributed by atoms with Gasteiger partial charge in [0.1, 0.15) is 6.10 Å². The molecule has 33 heavy (non-hydrogen) atoms. The molecule has 0 spiro atoms. The molecule has 3 aromatic heterocycles. The zero-order valence-corrected chi connectivity index (χ0v) is 19.8. The van der Waals surface area contributed by atoms with Crippen molar-refractivity contribution in [3.05, 3.63) is 33.5 Å². The van der Waals surface area contributed by atoms with Crippen LogP contribution in [0.15, 0.2) is 18.5 Å². The molecular weight excluding hydrogens is 464 g/mol. The quantitative estimate of drug-likeness (QED) is 0.414. The Morgan fingerprint density at radius 1 is 1.33 bits per heavy atom. The van der Waals surface area contributed by atoms with Gasteiger partial charge < -0.3 is 25.4 Å². The number of anilines is 1. The second kappa shape index (κ2) is 7.95. The number of nitrogens with zero attached hydrogens (tertiary/aromatic N) is 4. The number of aliphatic hydroxyl groups is 2. The molecule has 4 N–H and O–H groups in total. The fourth-order valence-electron chi connectivity index (χ4n) is 4.85.